The molecule has 0 unspecified atom stereocenters. The number of fused-ring (bicyclic) bond motifs is 1. The molecule has 0 radical (unpaired) electrons. The third-order valence-corrected chi connectivity index (χ3v) is 7.10. The minimum absolute atomic E-state index is 0.373. The Morgan fingerprint density at radius 2 is 1.97 bits per heavy atom. The lowest BCUT2D eigenvalue weighted by atomic mass is 9.89. The highest BCUT2D eigenvalue weighted by molar-refractivity contribution is 7.91. The molecule has 2 aromatic heterocycles. The van der Waals surface area contributed by atoms with Gasteiger partial charge in [0.2, 0.25) is 5.88 Å². The lowest BCUT2D eigenvalue weighted by Gasteiger charge is -2.24. The number of hydrogen-bond acceptors (Lipinski definition) is 5. The largest absolute Gasteiger partial charge is 0.481 e. The number of carbonyl (C=O) groups is 1. The molecule has 0 aliphatic heterocycles. The number of ketones is 1. The number of rotatable bonds is 7. The molecule has 2 heterocycles. The molecule has 3 aromatic rings. The molecule has 0 atom stereocenters. The van der Waals surface area contributed by atoms with Crippen molar-refractivity contribution in [3.05, 3.63) is 47.2 Å². The molecule has 1 aliphatic rings. The van der Waals surface area contributed by atoms with Crippen molar-refractivity contribution in [2.45, 2.75) is 38.6 Å². The van der Waals surface area contributed by atoms with E-state index in [9.17, 15) is 13.2 Å². The lowest BCUT2D eigenvalue weighted by molar-refractivity contribution is 0.101. The number of benzene rings is 1. The maximum absolute atomic E-state index is 13.5. The Kier molecular flexibility index (Phi) is 6.58. The van der Waals surface area contributed by atoms with Crippen LogP contribution in [0, 0.1) is 5.92 Å². The fraction of sp³-hybridized carbons (Fsp3) is 0.417. The highest BCUT2D eigenvalue weighted by atomic mass is 35.5. The van der Waals surface area contributed by atoms with Crippen LogP contribution in [0.3, 0.4) is 0 Å². The predicted octanol–water partition coefficient (Wildman–Crippen LogP) is 5.17. The van der Waals surface area contributed by atoms with Gasteiger partial charge in [-0.3, -0.25) is 4.79 Å². The molecular formula is C24H27ClN2O4S. The molecule has 0 spiro atoms. The summed E-state index contributed by atoms with van der Waals surface area (Å²) in [6, 6.07) is 9.15. The molecule has 1 fully saturated rings. The molecule has 32 heavy (non-hydrogen) atoms. The second-order valence-corrected chi connectivity index (χ2v) is 11.1. The van der Waals surface area contributed by atoms with Crippen molar-refractivity contribution >= 4 is 38.1 Å². The second-order valence-electron chi connectivity index (χ2n) is 8.55. The van der Waals surface area contributed by atoms with Crippen LogP contribution in [0.25, 0.3) is 22.0 Å². The fourth-order valence-corrected chi connectivity index (χ4v) is 5.54. The zero-order valence-electron chi connectivity index (χ0n) is 18.3. The number of hydrogen-bond donors (Lipinski definition) is 0. The van der Waals surface area contributed by atoms with E-state index in [0.29, 0.717) is 40.2 Å². The SMILES string of the molecule is COc1ncccc1-c1c(C(=O)CS(C)(=O)=O)n(CC2CCCCC2)c2ccc(Cl)cc12. The number of halogens is 1. The standard InChI is InChI=1S/C24H27ClN2O4S/c1-31-24-18(9-6-12-26-24)22-19-13-17(25)10-11-20(19)27(14-16-7-4-3-5-8-16)23(22)21(28)15-32(2,29)30/h6,9-13,16H,3-5,7-8,14-15H2,1-2H3. The van der Waals surface area contributed by atoms with Crippen LogP contribution in [-0.2, 0) is 16.4 Å². The molecule has 0 N–H and O–H groups in total. The van der Waals surface area contributed by atoms with Crippen LogP contribution in [-0.4, -0.2) is 42.9 Å². The molecule has 0 bridgehead atoms. The van der Waals surface area contributed by atoms with Crippen LogP contribution < -0.4 is 4.74 Å². The molecule has 8 heteroatoms. The van der Waals surface area contributed by atoms with Crippen molar-refractivity contribution < 1.29 is 17.9 Å². The van der Waals surface area contributed by atoms with Crippen molar-refractivity contribution in [1.29, 1.82) is 0 Å². The molecule has 6 nitrogen and oxygen atoms in total. The summed E-state index contributed by atoms with van der Waals surface area (Å²) in [5.41, 5.74) is 2.50. The third-order valence-electron chi connectivity index (χ3n) is 6.08. The number of carbonyl (C=O) groups excluding carboxylic acids is 1. The van der Waals surface area contributed by atoms with E-state index < -0.39 is 21.4 Å². The Morgan fingerprint density at radius 1 is 1.22 bits per heavy atom. The van der Waals surface area contributed by atoms with Crippen molar-refractivity contribution in [3.8, 4) is 17.0 Å². The summed E-state index contributed by atoms with van der Waals surface area (Å²) >= 11 is 6.35. The first kappa shape index (κ1) is 22.8. The van der Waals surface area contributed by atoms with Gasteiger partial charge in [-0.05, 0) is 49.1 Å². The third kappa shape index (κ3) is 4.69. The Hall–Kier alpha value is -2.38. The Labute approximate surface area is 193 Å². The number of Topliss-reactive ketones (excluding diaryl/α,β-unsaturated/α-hetero) is 1. The van der Waals surface area contributed by atoms with Gasteiger partial charge in [0.25, 0.3) is 0 Å². The van der Waals surface area contributed by atoms with Crippen molar-refractivity contribution in [3.63, 3.8) is 0 Å². The van der Waals surface area contributed by atoms with Gasteiger partial charge in [0.15, 0.2) is 15.6 Å². The van der Waals surface area contributed by atoms with E-state index in [2.05, 4.69) is 4.98 Å². The van der Waals surface area contributed by atoms with Gasteiger partial charge in [-0.1, -0.05) is 30.9 Å². The van der Waals surface area contributed by atoms with E-state index in [1.54, 1.807) is 18.3 Å². The van der Waals surface area contributed by atoms with Crippen molar-refractivity contribution in [1.82, 2.24) is 9.55 Å². The Bertz CT molecular complexity index is 1260. The van der Waals surface area contributed by atoms with Crippen molar-refractivity contribution in [2.75, 3.05) is 19.1 Å². The highest BCUT2D eigenvalue weighted by Gasteiger charge is 2.29. The first-order chi connectivity index (χ1) is 15.3. The average molecular weight is 475 g/mol. The number of aromatic nitrogens is 2. The monoisotopic (exact) mass is 474 g/mol. The number of methoxy groups -OCH3 is 1. The first-order valence-electron chi connectivity index (χ1n) is 10.8. The number of ether oxygens (including phenoxy) is 1. The summed E-state index contributed by atoms with van der Waals surface area (Å²) in [6.07, 6.45) is 8.47. The summed E-state index contributed by atoms with van der Waals surface area (Å²) < 4.78 is 31.6. The van der Waals surface area contributed by atoms with Crippen LogP contribution >= 0.6 is 11.6 Å². The molecule has 0 amide bonds. The molecule has 0 saturated heterocycles. The van der Waals surface area contributed by atoms with Gasteiger partial charge in [-0.15, -0.1) is 0 Å². The van der Waals surface area contributed by atoms with Gasteiger partial charge in [0.1, 0.15) is 5.75 Å². The fourth-order valence-electron chi connectivity index (χ4n) is 4.76. The second kappa shape index (κ2) is 9.24. The van der Waals surface area contributed by atoms with Gasteiger partial charge in [-0.25, -0.2) is 13.4 Å². The lowest BCUT2D eigenvalue weighted by Crippen LogP contribution is -2.22. The number of pyridine rings is 1. The number of sulfone groups is 1. The van der Waals surface area contributed by atoms with E-state index in [0.717, 1.165) is 30.0 Å². The summed E-state index contributed by atoms with van der Waals surface area (Å²) in [6.45, 7) is 0.658. The minimum atomic E-state index is -3.52. The Morgan fingerprint density at radius 3 is 2.66 bits per heavy atom. The maximum atomic E-state index is 13.5. The number of nitrogens with zero attached hydrogens (tertiary/aromatic N) is 2. The molecule has 170 valence electrons. The Balaban J connectivity index is 2.01. The summed E-state index contributed by atoms with van der Waals surface area (Å²) in [5.74, 6) is -0.185. The zero-order valence-corrected chi connectivity index (χ0v) is 19.9. The highest BCUT2D eigenvalue weighted by Crippen LogP contribution is 2.41. The van der Waals surface area contributed by atoms with E-state index in [-0.39, 0.29) is 0 Å². The topological polar surface area (TPSA) is 78.3 Å². The predicted molar refractivity (Wildman–Crippen MR) is 127 cm³/mol. The van der Waals surface area contributed by atoms with Gasteiger partial charge in [-0.2, -0.15) is 0 Å². The van der Waals surface area contributed by atoms with Crippen LogP contribution in [0.5, 0.6) is 5.88 Å². The molecule has 1 saturated carbocycles. The summed E-state index contributed by atoms with van der Waals surface area (Å²) in [7, 11) is -1.99. The molecule has 4 rings (SSSR count). The average Bonchev–Trinajstić information content (AvgIpc) is 3.06. The zero-order chi connectivity index (χ0) is 22.9. The van der Waals surface area contributed by atoms with Crippen LogP contribution in [0.1, 0.15) is 42.6 Å². The summed E-state index contributed by atoms with van der Waals surface area (Å²) in [5, 5.41) is 1.33. The minimum Gasteiger partial charge on any atom is -0.481 e. The van der Waals surface area contributed by atoms with Crippen molar-refractivity contribution in [2.24, 2.45) is 5.92 Å². The van der Waals surface area contributed by atoms with E-state index in [4.69, 9.17) is 16.3 Å². The maximum Gasteiger partial charge on any atom is 0.221 e. The molecule has 1 aliphatic carbocycles. The molecular weight excluding hydrogens is 448 g/mol. The van der Waals surface area contributed by atoms with Gasteiger partial charge < -0.3 is 9.30 Å². The van der Waals surface area contributed by atoms with Gasteiger partial charge >= 0.3 is 0 Å². The smallest absolute Gasteiger partial charge is 0.221 e. The first-order valence-corrected chi connectivity index (χ1v) is 13.2. The molecule has 1 aromatic carbocycles. The summed E-state index contributed by atoms with van der Waals surface area (Å²) in [4.78, 5) is 17.8. The van der Waals surface area contributed by atoms with Gasteiger partial charge in [0.05, 0.1) is 12.8 Å². The van der Waals surface area contributed by atoms with E-state index in [1.807, 2.05) is 22.8 Å². The van der Waals surface area contributed by atoms with Crippen LogP contribution in [0.15, 0.2) is 36.5 Å². The van der Waals surface area contributed by atoms with Crippen LogP contribution in [0.4, 0.5) is 0 Å². The quantitative estimate of drug-likeness (QED) is 0.441. The van der Waals surface area contributed by atoms with E-state index >= 15 is 0 Å². The normalized spacial score (nSPS) is 15.2. The van der Waals surface area contributed by atoms with Crippen LogP contribution in [0.2, 0.25) is 5.02 Å². The van der Waals surface area contributed by atoms with E-state index in [1.165, 1.54) is 26.4 Å². The van der Waals surface area contributed by atoms with Gasteiger partial charge in [0, 0.05) is 46.0 Å².